The first-order valence-corrected chi connectivity index (χ1v) is 7.87. The molecule has 1 heterocycles. The predicted molar refractivity (Wildman–Crippen MR) is 61.7 cm³/mol. The van der Waals surface area contributed by atoms with Gasteiger partial charge < -0.3 is 5.32 Å². The van der Waals surface area contributed by atoms with Gasteiger partial charge in [-0.2, -0.15) is 0 Å². The Kier molecular flexibility index (Phi) is 3.52. The third kappa shape index (κ3) is 2.97. The van der Waals surface area contributed by atoms with Gasteiger partial charge in [0.2, 0.25) is 5.91 Å². The zero-order valence-corrected chi connectivity index (χ0v) is 10.3. The van der Waals surface area contributed by atoms with E-state index >= 15 is 0 Å². The first-order valence-electron chi connectivity index (χ1n) is 6.05. The molecule has 0 spiro atoms. The Balaban J connectivity index is 1.73. The van der Waals surface area contributed by atoms with Crippen LogP contribution in [-0.2, 0) is 14.6 Å². The molecule has 16 heavy (non-hydrogen) atoms. The smallest absolute Gasteiger partial charge is 0.223 e. The number of hydrogen-bond acceptors (Lipinski definition) is 3. The van der Waals surface area contributed by atoms with Crippen molar-refractivity contribution >= 4 is 15.7 Å². The fourth-order valence-corrected chi connectivity index (χ4v) is 4.47. The van der Waals surface area contributed by atoms with Crippen LogP contribution < -0.4 is 5.32 Å². The third-order valence-corrected chi connectivity index (χ3v) is 5.45. The lowest BCUT2D eigenvalue weighted by molar-refractivity contribution is -0.124. The fraction of sp³-hybridized carbons (Fsp3) is 0.909. The molecule has 1 atom stereocenters. The van der Waals surface area contributed by atoms with Crippen molar-refractivity contribution in [3.8, 4) is 0 Å². The van der Waals surface area contributed by atoms with Gasteiger partial charge in [-0.1, -0.05) is 12.8 Å². The van der Waals surface area contributed by atoms with Crippen LogP contribution >= 0.6 is 0 Å². The Morgan fingerprint density at radius 1 is 1.19 bits per heavy atom. The normalized spacial score (nSPS) is 29.4. The molecule has 1 aliphatic heterocycles. The first kappa shape index (κ1) is 11.9. The number of nitrogens with one attached hydrogen (secondary N) is 1. The van der Waals surface area contributed by atoms with Crippen molar-refractivity contribution in [2.24, 2.45) is 11.8 Å². The summed E-state index contributed by atoms with van der Waals surface area (Å²) in [5.74, 6) is 0.977. The van der Waals surface area contributed by atoms with Crippen LogP contribution in [0.25, 0.3) is 0 Å². The molecule has 0 bridgehead atoms. The summed E-state index contributed by atoms with van der Waals surface area (Å²) >= 11 is 0. The van der Waals surface area contributed by atoms with Gasteiger partial charge in [0, 0.05) is 12.5 Å². The molecule has 1 saturated carbocycles. The van der Waals surface area contributed by atoms with Gasteiger partial charge in [0.1, 0.15) is 0 Å². The van der Waals surface area contributed by atoms with Crippen LogP contribution in [0.4, 0.5) is 0 Å². The van der Waals surface area contributed by atoms with Gasteiger partial charge in [0.05, 0.1) is 11.5 Å². The molecule has 1 saturated heterocycles. The fourth-order valence-electron chi connectivity index (χ4n) is 2.61. The average molecular weight is 245 g/mol. The van der Waals surface area contributed by atoms with E-state index in [1.165, 1.54) is 0 Å². The minimum absolute atomic E-state index is 0.127. The van der Waals surface area contributed by atoms with Crippen molar-refractivity contribution in [1.82, 2.24) is 5.32 Å². The maximum Gasteiger partial charge on any atom is 0.223 e. The van der Waals surface area contributed by atoms with Gasteiger partial charge in [0.15, 0.2) is 9.84 Å². The summed E-state index contributed by atoms with van der Waals surface area (Å²) in [6.07, 6.45) is 4.99. The third-order valence-electron chi connectivity index (χ3n) is 3.62. The Morgan fingerprint density at radius 3 is 2.44 bits per heavy atom. The van der Waals surface area contributed by atoms with E-state index in [4.69, 9.17) is 0 Å². The number of rotatable bonds is 3. The highest BCUT2D eigenvalue weighted by molar-refractivity contribution is 7.91. The molecule has 0 radical (unpaired) electrons. The van der Waals surface area contributed by atoms with Crippen molar-refractivity contribution in [3.05, 3.63) is 0 Å². The van der Waals surface area contributed by atoms with Crippen molar-refractivity contribution in [2.45, 2.75) is 32.1 Å². The highest BCUT2D eigenvalue weighted by Gasteiger charge is 2.29. The highest BCUT2D eigenvalue weighted by atomic mass is 32.2. The number of hydrogen-bond donors (Lipinski definition) is 1. The van der Waals surface area contributed by atoms with E-state index in [2.05, 4.69) is 5.32 Å². The summed E-state index contributed by atoms with van der Waals surface area (Å²) in [5.41, 5.74) is 0. The average Bonchev–Trinajstić information content (AvgIpc) is 2.83. The number of amides is 1. The van der Waals surface area contributed by atoms with E-state index in [9.17, 15) is 13.2 Å². The lowest BCUT2D eigenvalue weighted by atomic mass is 10.1. The van der Waals surface area contributed by atoms with E-state index in [1.54, 1.807) is 0 Å². The van der Waals surface area contributed by atoms with Crippen LogP contribution in [0.3, 0.4) is 0 Å². The Morgan fingerprint density at radius 2 is 1.88 bits per heavy atom. The van der Waals surface area contributed by atoms with E-state index < -0.39 is 9.84 Å². The monoisotopic (exact) mass is 245 g/mol. The molecule has 0 aromatic carbocycles. The van der Waals surface area contributed by atoms with Gasteiger partial charge in [-0.3, -0.25) is 4.79 Å². The van der Waals surface area contributed by atoms with E-state index in [0.717, 1.165) is 25.7 Å². The topological polar surface area (TPSA) is 63.2 Å². The predicted octanol–water partition coefficient (Wildman–Crippen LogP) is 0.727. The quantitative estimate of drug-likeness (QED) is 0.797. The van der Waals surface area contributed by atoms with E-state index in [0.29, 0.717) is 13.0 Å². The zero-order valence-electron chi connectivity index (χ0n) is 9.44. The number of carbonyl (C=O) groups excluding carboxylic acids is 1. The summed E-state index contributed by atoms with van der Waals surface area (Å²) in [5, 5.41) is 2.90. The Labute approximate surface area is 96.7 Å². The minimum atomic E-state index is -2.81. The summed E-state index contributed by atoms with van der Waals surface area (Å²) in [4.78, 5) is 11.7. The summed E-state index contributed by atoms with van der Waals surface area (Å²) < 4.78 is 22.5. The van der Waals surface area contributed by atoms with Crippen LogP contribution in [0.2, 0.25) is 0 Å². The van der Waals surface area contributed by atoms with Crippen molar-refractivity contribution < 1.29 is 13.2 Å². The van der Waals surface area contributed by atoms with Crippen LogP contribution in [0, 0.1) is 11.8 Å². The number of carbonyl (C=O) groups is 1. The molecule has 1 amide bonds. The van der Waals surface area contributed by atoms with Gasteiger partial charge >= 0.3 is 0 Å². The molecular weight excluding hydrogens is 226 g/mol. The Hall–Kier alpha value is -0.580. The van der Waals surface area contributed by atoms with Crippen molar-refractivity contribution in [1.29, 1.82) is 0 Å². The van der Waals surface area contributed by atoms with Crippen LogP contribution in [-0.4, -0.2) is 32.4 Å². The largest absolute Gasteiger partial charge is 0.356 e. The van der Waals surface area contributed by atoms with Gasteiger partial charge in [-0.15, -0.1) is 0 Å². The second-order valence-electron chi connectivity index (χ2n) is 5.00. The molecule has 1 aliphatic carbocycles. The standard InChI is InChI=1S/C11H19NO3S/c13-11(10-3-1-2-4-10)12-7-9-5-6-16(14,15)8-9/h9-10H,1-8H2,(H,12,13)/t9-/m0/s1. The maximum absolute atomic E-state index is 11.7. The Bertz CT molecular complexity index is 357. The highest BCUT2D eigenvalue weighted by Crippen LogP contribution is 2.25. The number of sulfone groups is 1. The molecule has 0 aromatic heterocycles. The molecular formula is C11H19NO3S. The molecule has 2 rings (SSSR count). The summed E-state index contributed by atoms with van der Waals surface area (Å²) in [6, 6.07) is 0. The molecule has 0 aromatic rings. The van der Waals surface area contributed by atoms with Crippen LogP contribution in [0.1, 0.15) is 32.1 Å². The van der Waals surface area contributed by atoms with E-state index in [1.807, 2.05) is 0 Å². The van der Waals surface area contributed by atoms with Crippen molar-refractivity contribution in [2.75, 3.05) is 18.1 Å². The second kappa shape index (κ2) is 4.73. The second-order valence-corrected chi connectivity index (χ2v) is 7.22. The van der Waals surface area contributed by atoms with Crippen molar-refractivity contribution in [3.63, 3.8) is 0 Å². The zero-order chi connectivity index (χ0) is 11.6. The van der Waals surface area contributed by atoms with Crippen LogP contribution in [0.5, 0.6) is 0 Å². The maximum atomic E-state index is 11.7. The van der Waals surface area contributed by atoms with Gasteiger partial charge in [0.25, 0.3) is 0 Å². The molecule has 5 heteroatoms. The van der Waals surface area contributed by atoms with E-state index in [-0.39, 0.29) is 29.2 Å². The summed E-state index contributed by atoms with van der Waals surface area (Å²) in [7, 11) is -2.81. The minimum Gasteiger partial charge on any atom is -0.356 e. The van der Waals surface area contributed by atoms with Crippen LogP contribution in [0.15, 0.2) is 0 Å². The molecule has 1 N–H and O–H groups in total. The lowest BCUT2D eigenvalue weighted by Crippen LogP contribution is -2.33. The molecule has 2 fully saturated rings. The van der Waals surface area contributed by atoms with Gasteiger partial charge in [-0.25, -0.2) is 8.42 Å². The molecule has 0 unspecified atom stereocenters. The summed E-state index contributed by atoms with van der Waals surface area (Å²) in [6.45, 7) is 0.536. The lowest BCUT2D eigenvalue weighted by Gasteiger charge is -2.13. The SMILES string of the molecule is O=C(NC[C@@H]1CCS(=O)(=O)C1)C1CCCC1. The first-order chi connectivity index (χ1) is 7.57. The molecule has 2 aliphatic rings. The molecule has 92 valence electrons. The van der Waals surface area contributed by atoms with Gasteiger partial charge in [-0.05, 0) is 25.2 Å². The molecule has 4 nitrogen and oxygen atoms in total.